The number of hydrogen-bond acceptors (Lipinski definition) is 2. The SMILES string of the molecule is C[C@H](C(=O)NC(C)(C)C)N(Cc1ccc(Br)cc1)C(=O)Cc1ccc(F)cc1. The van der Waals surface area contributed by atoms with Gasteiger partial charge in [-0.2, -0.15) is 0 Å². The fourth-order valence-corrected chi connectivity index (χ4v) is 2.99. The first-order chi connectivity index (χ1) is 13.0. The Balaban J connectivity index is 2.23. The van der Waals surface area contributed by atoms with Crippen LogP contribution in [0.25, 0.3) is 0 Å². The van der Waals surface area contributed by atoms with Crippen molar-refractivity contribution >= 4 is 27.7 Å². The Morgan fingerprint density at radius 1 is 1.04 bits per heavy atom. The van der Waals surface area contributed by atoms with Gasteiger partial charge in [-0.25, -0.2) is 4.39 Å². The highest BCUT2D eigenvalue weighted by atomic mass is 79.9. The number of nitrogens with zero attached hydrogens (tertiary/aromatic N) is 1. The van der Waals surface area contributed by atoms with Crippen molar-refractivity contribution in [1.82, 2.24) is 10.2 Å². The Hall–Kier alpha value is -2.21. The summed E-state index contributed by atoms with van der Waals surface area (Å²) in [5.74, 6) is -0.746. The van der Waals surface area contributed by atoms with Gasteiger partial charge < -0.3 is 10.2 Å². The van der Waals surface area contributed by atoms with Crippen molar-refractivity contribution in [3.8, 4) is 0 Å². The minimum absolute atomic E-state index is 0.101. The van der Waals surface area contributed by atoms with Gasteiger partial charge in [0.1, 0.15) is 11.9 Å². The Bertz CT molecular complexity index is 814. The van der Waals surface area contributed by atoms with E-state index in [2.05, 4.69) is 21.2 Å². The third-order valence-electron chi connectivity index (χ3n) is 4.20. The van der Waals surface area contributed by atoms with Gasteiger partial charge in [0.2, 0.25) is 11.8 Å². The van der Waals surface area contributed by atoms with E-state index in [9.17, 15) is 14.0 Å². The lowest BCUT2D eigenvalue weighted by Gasteiger charge is -2.31. The first-order valence-electron chi connectivity index (χ1n) is 9.15. The van der Waals surface area contributed by atoms with E-state index in [1.807, 2.05) is 45.0 Å². The van der Waals surface area contributed by atoms with Gasteiger partial charge in [0, 0.05) is 16.6 Å². The second-order valence-corrected chi connectivity index (χ2v) is 8.78. The predicted octanol–water partition coefficient (Wildman–Crippen LogP) is 4.46. The largest absolute Gasteiger partial charge is 0.350 e. The lowest BCUT2D eigenvalue weighted by atomic mass is 10.1. The second-order valence-electron chi connectivity index (χ2n) is 7.87. The number of amides is 2. The van der Waals surface area contributed by atoms with Crippen molar-refractivity contribution in [2.45, 2.75) is 52.2 Å². The minimum Gasteiger partial charge on any atom is -0.350 e. The highest BCUT2D eigenvalue weighted by Crippen LogP contribution is 2.16. The number of rotatable bonds is 6. The second kappa shape index (κ2) is 9.32. The fraction of sp³-hybridized carbons (Fsp3) is 0.364. The molecule has 0 saturated carbocycles. The highest BCUT2D eigenvalue weighted by Gasteiger charge is 2.28. The molecule has 150 valence electrons. The summed E-state index contributed by atoms with van der Waals surface area (Å²) in [6.07, 6.45) is 0.101. The maximum absolute atomic E-state index is 13.1. The molecule has 0 aliphatic rings. The zero-order valence-corrected chi connectivity index (χ0v) is 18.2. The van der Waals surface area contributed by atoms with Crippen LogP contribution in [-0.4, -0.2) is 28.3 Å². The van der Waals surface area contributed by atoms with Crippen molar-refractivity contribution in [2.75, 3.05) is 0 Å². The molecule has 0 radical (unpaired) electrons. The molecular weight excluding hydrogens is 423 g/mol. The summed E-state index contributed by atoms with van der Waals surface area (Å²) >= 11 is 3.40. The molecule has 2 aromatic rings. The fourth-order valence-electron chi connectivity index (χ4n) is 2.72. The molecule has 0 fully saturated rings. The van der Waals surface area contributed by atoms with E-state index in [1.54, 1.807) is 24.0 Å². The average Bonchev–Trinajstić information content (AvgIpc) is 2.61. The Morgan fingerprint density at radius 2 is 1.57 bits per heavy atom. The molecule has 0 aromatic heterocycles. The maximum Gasteiger partial charge on any atom is 0.242 e. The summed E-state index contributed by atoms with van der Waals surface area (Å²) in [6, 6.07) is 12.8. The number of hydrogen-bond donors (Lipinski definition) is 1. The summed E-state index contributed by atoms with van der Waals surface area (Å²) in [5, 5.41) is 2.93. The van der Waals surface area contributed by atoms with E-state index in [1.165, 1.54) is 12.1 Å². The van der Waals surface area contributed by atoms with Crippen molar-refractivity contribution in [1.29, 1.82) is 0 Å². The van der Waals surface area contributed by atoms with E-state index < -0.39 is 11.6 Å². The van der Waals surface area contributed by atoms with E-state index in [4.69, 9.17) is 0 Å². The smallest absolute Gasteiger partial charge is 0.242 e. The Labute approximate surface area is 174 Å². The molecule has 0 saturated heterocycles. The molecule has 0 unspecified atom stereocenters. The summed E-state index contributed by atoms with van der Waals surface area (Å²) in [6.45, 7) is 7.74. The number of carbonyl (C=O) groups is 2. The van der Waals surface area contributed by atoms with E-state index in [0.717, 1.165) is 10.0 Å². The quantitative estimate of drug-likeness (QED) is 0.708. The molecule has 1 atom stereocenters. The van der Waals surface area contributed by atoms with E-state index in [0.29, 0.717) is 12.1 Å². The van der Waals surface area contributed by atoms with Gasteiger partial charge in [-0.05, 0) is 63.1 Å². The van der Waals surface area contributed by atoms with Gasteiger partial charge in [-0.3, -0.25) is 9.59 Å². The minimum atomic E-state index is -0.643. The van der Waals surface area contributed by atoms with Crippen molar-refractivity contribution in [3.63, 3.8) is 0 Å². The monoisotopic (exact) mass is 448 g/mol. The van der Waals surface area contributed by atoms with Crippen molar-refractivity contribution < 1.29 is 14.0 Å². The molecule has 1 N–H and O–H groups in total. The molecule has 0 heterocycles. The van der Waals surface area contributed by atoms with Gasteiger partial charge in [-0.15, -0.1) is 0 Å². The molecule has 0 aliphatic heterocycles. The number of benzene rings is 2. The molecule has 2 rings (SSSR count). The van der Waals surface area contributed by atoms with Crippen LogP contribution in [0.5, 0.6) is 0 Å². The van der Waals surface area contributed by atoms with Crippen LogP contribution in [0.4, 0.5) is 4.39 Å². The number of halogens is 2. The Morgan fingerprint density at radius 3 is 2.11 bits per heavy atom. The van der Waals surface area contributed by atoms with Crippen LogP contribution in [-0.2, 0) is 22.6 Å². The molecule has 0 spiro atoms. The standard InChI is InChI=1S/C22H26BrFN2O2/c1-15(21(28)25-22(2,3)4)26(14-17-5-9-18(23)10-6-17)20(27)13-16-7-11-19(24)12-8-16/h5-12,15H,13-14H2,1-4H3,(H,25,28)/t15-/m1/s1. The van der Waals surface area contributed by atoms with Gasteiger partial charge in [0.05, 0.1) is 6.42 Å². The molecule has 2 aromatic carbocycles. The number of nitrogens with one attached hydrogen (secondary N) is 1. The normalized spacial score (nSPS) is 12.4. The molecule has 2 amide bonds. The van der Waals surface area contributed by atoms with Crippen molar-refractivity contribution in [3.05, 3.63) is 69.9 Å². The summed E-state index contributed by atoms with van der Waals surface area (Å²) in [5.41, 5.74) is 1.23. The molecular formula is C22H26BrFN2O2. The lowest BCUT2D eigenvalue weighted by Crippen LogP contribution is -2.52. The van der Waals surface area contributed by atoms with Gasteiger partial charge in [0.25, 0.3) is 0 Å². The van der Waals surface area contributed by atoms with Crippen LogP contribution < -0.4 is 5.32 Å². The molecule has 28 heavy (non-hydrogen) atoms. The van der Waals surface area contributed by atoms with E-state index >= 15 is 0 Å². The van der Waals surface area contributed by atoms with Gasteiger partial charge in [0.15, 0.2) is 0 Å². The van der Waals surface area contributed by atoms with Gasteiger partial charge >= 0.3 is 0 Å². The predicted molar refractivity (Wildman–Crippen MR) is 112 cm³/mol. The van der Waals surface area contributed by atoms with Crippen LogP contribution in [0.1, 0.15) is 38.8 Å². The van der Waals surface area contributed by atoms with Gasteiger partial charge in [-0.1, -0.05) is 40.2 Å². The highest BCUT2D eigenvalue weighted by molar-refractivity contribution is 9.10. The van der Waals surface area contributed by atoms with Crippen LogP contribution in [0.15, 0.2) is 53.0 Å². The van der Waals surface area contributed by atoms with E-state index in [-0.39, 0.29) is 24.1 Å². The maximum atomic E-state index is 13.1. The number of carbonyl (C=O) groups excluding carboxylic acids is 2. The summed E-state index contributed by atoms with van der Waals surface area (Å²) in [7, 11) is 0. The first kappa shape index (κ1) is 22.1. The molecule has 6 heteroatoms. The Kier molecular flexibility index (Phi) is 7.35. The average molecular weight is 449 g/mol. The third-order valence-corrected chi connectivity index (χ3v) is 4.73. The summed E-state index contributed by atoms with van der Waals surface area (Å²) in [4.78, 5) is 27.3. The third kappa shape index (κ3) is 6.75. The molecule has 0 bridgehead atoms. The topological polar surface area (TPSA) is 49.4 Å². The molecule has 4 nitrogen and oxygen atoms in total. The first-order valence-corrected chi connectivity index (χ1v) is 9.95. The van der Waals surface area contributed by atoms with Crippen LogP contribution in [0.3, 0.4) is 0 Å². The summed E-state index contributed by atoms with van der Waals surface area (Å²) < 4.78 is 14.1. The van der Waals surface area contributed by atoms with Crippen LogP contribution in [0.2, 0.25) is 0 Å². The van der Waals surface area contributed by atoms with Crippen molar-refractivity contribution in [2.24, 2.45) is 0 Å². The van der Waals surface area contributed by atoms with Crippen LogP contribution >= 0.6 is 15.9 Å². The zero-order valence-electron chi connectivity index (χ0n) is 16.6. The van der Waals surface area contributed by atoms with Crippen LogP contribution in [0, 0.1) is 5.82 Å². The zero-order chi connectivity index (χ0) is 20.9. The molecule has 0 aliphatic carbocycles. The lowest BCUT2D eigenvalue weighted by molar-refractivity contribution is -0.140.